The number of piperidine rings is 1. The Labute approximate surface area is 140 Å². The second-order valence-electron chi connectivity index (χ2n) is 6.43. The van der Waals surface area contributed by atoms with E-state index in [1.807, 2.05) is 30.5 Å². The van der Waals surface area contributed by atoms with Crippen molar-refractivity contribution >= 4 is 28.5 Å². The highest BCUT2D eigenvalue weighted by molar-refractivity contribution is 5.95. The predicted molar refractivity (Wildman–Crippen MR) is 93.0 cm³/mol. The van der Waals surface area contributed by atoms with E-state index < -0.39 is 11.9 Å². The third kappa shape index (κ3) is 4.14. The summed E-state index contributed by atoms with van der Waals surface area (Å²) in [7, 11) is 0. The summed E-state index contributed by atoms with van der Waals surface area (Å²) in [5.74, 6) is -1.84. The number of aromatic amines is 1. The van der Waals surface area contributed by atoms with Gasteiger partial charge in [0, 0.05) is 30.4 Å². The number of aliphatic carboxylic acids is 1. The molecule has 1 amide bonds. The van der Waals surface area contributed by atoms with Crippen LogP contribution in [0.25, 0.3) is 10.9 Å². The average Bonchev–Trinajstić information content (AvgIpc) is 3.02. The third-order valence-corrected chi connectivity index (χ3v) is 4.55. The number of carbonyl (C=O) groups excluding carboxylic acids is 1. The number of carbonyl (C=O) groups is 2. The molecular weight excluding hydrogens is 306 g/mol. The molecule has 0 spiro atoms. The monoisotopic (exact) mass is 329 g/mol. The molecular formula is C18H23N3O3. The first-order valence-electron chi connectivity index (χ1n) is 8.44. The van der Waals surface area contributed by atoms with E-state index in [-0.39, 0.29) is 12.3 Å². The Kier molecular flexibility index (Phi) is 5.15. The van der Waals surface area contributed by atoms with Gasteiger partial charge >= 0.3 is 5.97 Å². The summed E-state index contributed by atoms with van der Waals surface area (Å²) in [6, 6.07) is 7.56. The van der Waals surface area contributed by atoms with Crippen LogP contribution in [-0.2, 0) is 9.59 Å². The van der Waals surface area contributed by atoms with Crippen molar-refractivity contribution in [2.45, 2.75) is 25.7 Å². The number of hydrogen-bond acceptors (Lipinski definition) is 3. The van der Waals surface area contributed by atoms with Gasteiger partial charge in [0.1, 0.15) is 0 Å². The Morgan fingerprint density at radius 2 is 2.00 bits per heavy atom. The van der Waals surface area contributed by atoms with E-state index >= 15 is 0 Å². The fourth-order valence-electron chi connectivity index (χ4n) is 3.25. The minimum absolute atomic E-state index is 0.00536. The van der Waals surface area contributed by atoms with E-state index in [0.29, 0.717) is 12.2 Å². The predicted octanol–water partition coefficient (Wildman–Crippen LogP) is 2.68. The Morgan fingerprint density at radius 3 is 2.75 bits per heavy atom. The van der Waals surface area contributed by atoms with Gasteiger partial charge in [-0.05, 0) is 49.5 Å². The fraction of sp³-hybridized carbons (Fsp3) is 0.444. The zero-order valence-corrected chi connectivity index (χ0v) is 13.6. The van der Waals surface area contributed by atoms with Crippen LogP contribution >= 0.6 is 0 Å². The normalized spacial score (nSPS) is 16.8. The molecule has 1 atom stereocenters. The van der Waals surface area contributed by atoms with Crippen molar-refractivity contribution < 1.29 is 14.7 Å². The Bertz CT molecular complexity index is 719. The maximum atomic E-state index is 12.2. The minimum atomic E-state index is -0.907. The van der Waals surface area contributed by atoms with Gasteiger partial charge in [0.05, 0.1) is 5.92 Å². The van der Waals surface area contributed by atoms with Gasteiger partial charge < -0.3 is 20.3 Å². The van der Waals surface area contributed by atoms with Crippen LogP contribution in [0.15, 0.2) is 30.5 Å². The number of nitrogens with zero attached hydrogens (tertiary/aromatic N) is 1. The van der Waals surface area contributed by atoms with Gasteiger partial charge in [-0.25, -0.2) is 0 Å². The largest absolute Gasteiger partial charge is 0.481 e. The highest BCUT2D eigenvalue weighted by atomic mass is 16.4. The number of hydrogen-bond donors (Lipinski definition) is 3. The molecule has 2 aromatic rings. The molecule has 1 aromatic carbocycles. The lowest BCUT2D eigenvalue weighted by Crippen LogP contribution is -2.38. The van der Waals surface area contributed by atoms with Gasteiger partial charge in [-0.3, -0.25) is 9.59 Å². The Morgan fingerprint density at radius 1 is 1.21 bits per heavy atom. The van der Waals surface area contributed by atoms with Gasteiger partial charge in [-0.1, -0.05) is 12.5 Å². The van der Waals surface area contributed by atoms with Crippen molar-refractivity contribution in [3.63, 3.8) is 0 Å². The Balaban J connectivity index is 1.59. The first-order chi connectivity index (χ1) is 11.6. The maximum absolute atomic E-state index is 12.2. The molecule has 0 aliphatic carbocycles. The Hall–Kier alpha value is -2.34. The van der Waals surface area contributed by atoms with Gasteiger partial charge in [0.15, 0.2) is 0 Å². The van der Waals surface area contributed by atoms with E-state index in [4.69, 9.17) is 0 Å². The van der Waals surface area contributed by atoms with E-state index in [2.05, 4.69) is 15.2 Å². The first kappa shape index (κ1) is 16.5. The zero-order valence-electron chi connectivity index (χ0n) is 13.6. The second-order valence-corrected chi connectivity index (χ2v) is 6.43. The van der Waals surface area contributed by atoms with Crippen LogP contribution in [-0.4, -0.2) is 46.5 Å². The van der Waals surface area contributed by atoms with Crippen molar-refractivity contribution in [2.75, 3.05) is 25.0 Å². The van der Waals surface area contributed by atoms with E-state index in [9.17, 15) is 14.7 Å². The number of anilines is 1. The molecule has 6 heteroatoms. The van der Waals surface area contributed by atoms with E-state index in [1.165, 1.54) is 6.42 Å². The van der Waals surface area contributed by atoms with E-state index in [0.717, 1.165) is 36.8 Å². The molecule has 1 aliphatic rings. The number of rotatable bonds is 6. The molecule has 6 nitrogen and oxygen atoms in total. The standard InChI is InChI=1S/C18H23N3O3/c22-17(20-15-5-4-13-6-7-19-16(13)11-15)10-14(18(23)24)12-21-8-2-1-3-9-21/h4-7,11,14,19H,1-3,8-10,12H2,(H,20,22)(H,23,24)/t14-/m1/s1. The lowest BCUT2D eigenvalue weighted by Gasteiger charge is -2.28. The minimum Gasteiger partial charge on any atom is -0.481 e. The van der Waals surface area contributed by atoms with Crippen molar-refractivity contribution in [2.24, 2.45) is 5.92 Å². The molecule has 3 N–H and O–H groups in total. The van der Waals surface area contributed by atoms with Crippen LogP contribution in [0.4, 0.5) is 5.69 Å². The molecule has 128 valence electrons. The van der Waals surface area contributed by atoms with Gasteiger partial charge in [-0.2, -0.15) is 0 Å². The number of H-pyrrole nitrogens is 1. The summed E-state index contributed by atoms with van der Waals surface area (Å²) in [5, 5.41) is 13.3. The van der Waals surface area contributed by atoms with Crippen LogP contribution in [0.2, 0.25) is 0 Å². The van der Waals surface area contributed by atoms with Crippen molar-refractivity contribution in [3.8, 4) is 0 Å². The number of fused-ring (bicyclic) bond motifs is 1. The van der Waals surface area contributed by atoms with Crippen LogP contribution in [0, 0.1) is 5.92 Å². The van der Waals surface area contributed by atoms with Crippen LogP contribution in [0.1, 0.15) is 25.7 Å². The summed E-state index contributed by atoms with van der Waals surface area (Å²) in [6.45, 7) is 2.29. The third-order valence-electron chi connectivity index (χ3n) is 4.55. The van der Waals surface area contributed by atoms with Gasteiger partial charge in [0.2, 0.25) is 5.91 Å². The first-order valence-corrected chi connectivity index (χ1v) is 8.44. The number of likely N-dealkylation sites (tertiary alicyclic amines) is 1. The molecule has 2 heterocycles. The summed E-state index contributed by atoms with van der Waals surface area (Å²) in [5.41, 5.74) is 1.62. The zero-order chi connectivity index (χ0) is 16.9. The highest BCUT2D eigenvalue weighted by Gasteiger charge is 2.25. The number of benzene rings is 1. The van der Waals surface area contributed by atoms with Crippen LogP contribution in [0.3, 0.4) is 0 Å². The summed E-state index contributed by atoms with van der Waals surface area (Å²) in [4.78, 5) is 29.0. The van der Waals surface area contributed by atoms with Gasteiger partial charge in [0.25, 0.3) is 0 Å². The molecule has 0 radical (unpaired) electrons. The smallest absolute Gasteiger partial charge is 0.308 e. The SMILES string of the molecule is O=C(C[C@H](CN1CCCCC1)C(=O)O)Nc1ccc2cc[nH]c2c1. The molecule has 1 saturated heterocycles. The van der Waals surface area contributed by atoms with Crippen molar-refractivity contribution in [1.29, 1.82) is 0 Å². The average molecular weight is 329 g/mol. The number of carboxylic acid groups (broad SMARTS) is 1. The van der Waals surface area contributed by atoms with Crippen molar-refractivity contribution in [3.05, 3.63) is 30.5 Å². The van der Waals surface area contributed by atoms with Gasteiger partial charge in [-0.15, -0.1) is 0 Å². The summed E-state index contributed by atoms with van der Waals surface area (Å²) >= 11 is 0. The van der Waals surface area contributed by atoms with Crippen molar-refractivity contribution in [1.82, 2.24) is 9.88 Å². The number of carboxylic acids is 1. The fourth-order valence-corrected chi connectivity index (χ4v) is 3.25. The van der Waals surface area contributed by atoms with Crippen LogP contribution < -0.4 is 5.32 Å². The molecule has 1 fully saturated rings. The number of aromatic nitrogens is 1. The molecule has 1 aromatic heterocycles. The summed E-state index contributed by atoms with van der Waals surface area (Å²) in [6.07, 6.45) is 5.25. The quantitative estimate of drug-likeness (QED) is 0.760. The number of amides is 1. The summed E-state index contributed by atoms with van der Waals surface area (Å²) < 4.78 is 0. The molecule has 0 bridgehead atoms. The van der Waals surface area contributed by atoms with Crippen LogP contribution in [0.5, 0.6) is 0 Å². The van der Waals surface area contributed by atoms with E-state index in [1.54, 1.807) is 0 Å². The second kappa shape index (κ2) is 7.49. The molecule has 0 saturated carbocycles. The lowest BCUT2D eigenvalue weighted by molar-refractivity contribution is -0.144. The topological polar surface area (TPSA) is 85.4 Å². The highest BCUT2D eigenvalue weighted by Crippen LogP contribution is 2.19. The lowest BCUT2D eigenvalue weighted by atomic mass is 10.0. The number of nitrogens with one attached hydrogen (secondary N) is 2. The molecule has 1 aliphatic heterocycles. The maximum Gasteiger partial charge on any atom is 0.308 e. The molecule has 0 unspecified atom stereocenters. The molecule has 3 rings (SSSR count). The molecule has 24 heavy (non-hydrogen) atoms.